The van der Waals surface area contributed by atoms with E-state index in [1.54, 1.807) is 0 Å². The summed E-state index contributed by atoms with van der Waals surface area (Å²) in [5, 5.41) is 4.73. The first-order valence-corrected chi connectivity index (χ1v) is 7.20. The van der Waals surface area contributed by atoms with Gasteiger partial charge in [-0.2, -0.15) is 0 Å². The molecule has 1 aliphatic heterocycles. The van der Waals surface area contributed by atoms with Crippen LogP contribution in [0.3, 0.4) is 0 Å². The predicted molar refractivity (Wildman–Crippen MR) is 78.2 cm³/mol. The molecule has 1 saturated heterocycles. The Labute approximate surface area is 114 Å². The van der Waals surface area contributed by atoms with E-state index >= 15 is 0 Å². The minimum atomic E-state index is 0.684. The SMILES string of the molecule is CN(Cc1coc2ccccc12)C1CCCNCC1. The molecule has 2 heterocycles. The minimum absolute atomic E-state index is 0.684. The highest BCUT2D eigenvalue weighted by Crippen LogP contribution is 2.23. The molecule has 0 bridgehead atoms. The van der Waals surface area contributed by atoms with Crippen molar-refractivity contribution < 1.29 is 4.42 Å². The normalized spacial score (nSPS) is 20.8. The van der Waals surface area contributed by atoms with Crippen molar-refractivity contribution in [2.75, 3.05) is 20.1 Å². The van der Waals surface area contributed by atoms with Crippen molar-refractivity contribution in [2.45, 2.75) is 31.8 Å². The van der Waals surface area contributed by atoms with Gasteiger partial charge in [-0.25, -0.2) is 0 Å². The number of nitrogens with zero attached hydrogens (tertiary/aromatic N) is 1. The quantitative estimate of drug-likeness (QED) is 0.917. The van der Waals surface area contributed by atoms with Gasteiger partial charge < -0.3 is 9.73 Å². The summed E-state index contributed by atoms with van der Waals surface area (Å²) in [6.45, 7) is 3.28. The smallest absolute Gasteiger partial charge is 0.134 e. The molecule has 3 nitrogen and oxygen atoms in total. The van der Waals surface area contributed by atoms with Crippen LogP contribution in [-0.2, 0) is 6.54 Å². The van der Waals surface area contributed by atoms with E-state index in [1.165, 1.54) is 36.8 Å². The molecule has 1 aromatic heterocycles. The highest BCUT2D eigenvalue weighted by atomic mass is 16.3. The third-order valence-electron chi connectivity index (χ3n) is 4.15. The van der Waals surface area contributed by atoms with Gasteiger partial charge >= 0.3 is 0 Å². The van der Waals surface area contributed by atoms with Crippen molar-refractivity contribution in [1.29, 1.82) is 0 Å². The van der Waals surface area contributed by atoms with Crippen LogP contribution < -0.4 is 5.32 Å². The number of nitrogens with one attached hydrogen (secondary N) is 1. The maximum absolute atomic E-state index is 5.62. The van der Waals surface area contributed by atoms with Crippen LogP contribution in [0, 0.1) is 0 Å². The molecule has 0 aliphatic carbocycles. The predicted octanol–water partition coefficient (Wildman–Crippen LogP) is 3.01. The summed E-state index contributed by atoms with van der Waals surface area (Å²) in [4.78, 5) is 2.48. The van der Waals surface area contributed by atoms with Crippen molar-refractivity contribution in [3.63, 3.8) is 0 Å². The number of hydrogen-bond donors (Lipinski definition) is 1. The second-order valence-corrected chi connectivity index (χ2v) is 5.51. The topological polar surface area (TPSA) is 28.4 Å². The Hall–Kier alpha value is -1.32. The summed E-state index contributed by atoms with van der Waals surface area (Å²) in [6.07, 6.45) is 5.73. The molecule has 0 saturated carbocycles. The fraction of sp³-hybridized carbons (Fsp3) is 0.500. The summed E-state index contributed by atoms with van der Waals surface area (Å²) in [6, 6.07) is 8.97. The zero-order valence-electron chi connectivity index (χ0n) is 11.6. The Bertz CT molecular complexity index is 526. The van der Waals surface area contributed by atoms with Crippen LogP contribution in [0.15, 0.2) is 34.9 Å². The average molecular weight is 258 g/mol. The highest BCUT2D eigenvalue weighted by molar-refractivity contribution is 5.80. The summed E-state index contributed by atoms with van der Waals surface area (Å²) >= 11 is 0. The van der Waals surface area contributed by atoms with E-state index in [9.17, 15) is 0 Å². The van der Waals surface area contributed by atoms with Crippen molar-refractivity contribution in [1.82, 2.24) is 10.2 Å². The summed E-state index contributed by atoms with van der Waals surface area (Å²) in [7, 11) is 2.23. The van der Waals surface area contributed by atoms with Gasteiger partial charge in [0.15, 0.2) is 0 Å². The van der Waals surface area contributed by atoms with Crippen LogP contribution in [0.5, 0.6) is 0 Å². The summed E-state index contributed by atoms with van der Waals surface area (Å²) < 4.78 is 5.62. The maximum Gasteiger partial charge on any atom is 0.134 e. The molecule has 1 atom stereocenters. The average Bonchev–Trinajstić information content (AvgIpc) is 2.66. The maximum atomic E-state index is 5.62. The monoisotopic (exact) mass is 258 g/mol. The van der Waals surface area contributed by atoms with E-state index in [0.29, 0.717) is 6.04 Å². The molecule has 3 heteroatoms. The van der Waals surface area contributed by atoms with Crippen molar-refractivity contribution >= 4 is 11.0 Å². The van der Waals surface area contributed by atoms with E-state index in [-0.39, 0.29) is 0 Å². The van der Waals surface area contributed by atoms with Crippen LogP contribution in [0.1, 0.15) is 24.8 Å². The Balaban J connectivity index is 1.73. The number of rotatable bonds is 3. The molecule has 0 spiro atoms. The second-order valence-electron chi connectivity index (χ2n) is 5.51. The Morgan fingerprint density at radius 1 is 1.26 bits per heavy atom. The van der Waals surface area contributed by atoms with E-state index in [2.05, 4.69) is 29.4 Å². The van der Waals surface area contributed by atoms with Gasteiger partial charge in [-0.3, -0.25) is 4.90 Å². The number of para-hydroxylation sites is 1. The zero-order valence-corrected chi connectivity index (χ0v) is 11.6. The van der Waals surface area contributed by atoms with E-state index in [0.717, 1.165) is 18.7 Å². The molecule has 102 valence electrons. The zero-order chi connectivity index (χ0) is 13.1. The molecular formula is C16H22N2O. The fourth-order valence-electron chi connectivity index (χ4n) is 2.99. The second kappa shape index (κ2) is 5.76. The lowest BCUT2D eigenvalue weighted by Crippen LogP contribution is -2.31. The highest BCUT2D eigenvalue weighted by Gasteiger charge is 2.18. The molecule has 3 rings (SSSR count). The molecular weight excluding hydrogens is 236 g/mol. The summed E-state index contributed by atoms with van der Waals surface area (Å²) in [5.41, 5.74) is 2.30. The van der Waals surface area contributed by atoms with Gasteiger partial charge in [-0.1, -0.05) is 18.2 Å². The number of fused-ring (bicyclic) bond motifs is 1. The van der Waals surface area contributed by atoms with Crippen LogP contribution in [0.2, 0.25) is 0 Å². The first-order chi connectivity index (χ1) is 9.34. The molecule has 0 amide bonds. The van der Waals surface area contributed by atoms with E-state index in [4.69, 9.17) is 4.42 Å². The van der Waals surface area contributed by atoms with Crippen molar-refractivity contribution in [3.05, 3.63) is 36.1 Å². The molecule has 2 aromatic rings. The van der Waals surface area contributed by atoms with Crippen LogP contribution in [0.25, 0.3) is 11.0 Å². The largest absolute Gasteiger partial charge is 0.464 e. The Kier molecular flexibility index (Phi) is 3.85. The Morgan fingerprint density at radius 3 is 3.11 bits per heavy atom. The van der Waals surface area contributed by atoms with Gasteiger partial charge in [0.2, 0.25) is 0 Å². The molecule has 1 N–H and O–H groups in total. The first-order valence-electron chi connectivity index (χ1n) is 7.20. The lowest BCUT2D eigenvalue weighted by atomic mass is 10.1. The molecule has 1 unspecified atom stereocenters. The lowest BCUT2D eigenvalue weighted by molar-refractivity contribution is 0.216. The van der Waals surface area contributed by atoms with Gasteiger partial charge in [0.05, 0.1) is 6.26 Å². The van der Waals surface area contributed by atoms with Gasteiger partial charge in [0.1, 0.15) is 5.58 Å². The van der Waals surface area contributed by atoms with Crippen molar-refractivity contribution in [3.8, 4) is 0 Å². The van der Waals surface area contributed by atoms with Crippen molar-refractivity contribution in [2.24, 2.45) is 0 Å². The van der Waals surface area contributed by atoms with Gasteiger partial charge in [0.25, 0.3) is 0 Å². The number of benzene rings is 1. The summed E-state index contributed by atoms with van der Waals surface area (Å²) in [5.74, 6) is 0. The van der Waals surface area contributed by atoms with Gasteiger partial charge in [-0.15, -0.1) is 0 Å². The van der Waals surface area contributed by atoms with Crippen LogP contribution in [0.4, 0.5) is 0 Å². The molecule has 19 heavy (non-hydrogen) atoms. The van der Waals surface area contributed by atoms with E-state index in [1.807, 2.05) is 18.4 Å². The Morgan fingerprint density at radius 2 is 2.16 bits per heavy atom. The first kappa shape index (κ1) is 12.7. The molecule has 1 aliphatic rings. The molecule has 1 aromatic carbocycles. The van der Waals surface area contributed by atoms with Crippen LogP contribution >= 0.6 is 0 Å². The third-order valence-corrected chi connectivity index (χ3v) is 4.15. The molecule has 0 radical (unpaired) electrons. The molecule has 1 fully saturated rings. The van der Waals surface area contributed by atoms with Crippen LogP contribution in [-0.4, -0.2) is 31.1 Å². The van der Waals surface area contributed by atoms with Gasteiger partial charge in [0, 0.05) is 23.5 Å². The lowest BCUT2D eigenvalue weighted by Gasteiger charge is -2.26. The number of furan rings is 1. The van der Waals surface area contributed by atoms with E-state index < -0.39 is 0 Å². The third kappa shape index (κ3) is 2.82. The minimum Gasteiger partial charge on any atom is -0.464 e. The number of hydrogen-bond acceptors (Lipinski definition) is 3. The van der Waals surface area contributed by atoms with Gasteiger partial charge in [-0.05, 0) is 45.5 Å². The standard InChI is InChI=1S/C16H22N2O/c1-18(14-5-4-9-17-10-8-14)11-13-12-19-16-7-3-2-6-15(13)16/h2-3,6-7,12,14,17H,4-5,8-11H2,1H3. The fourth-order valence-corrected chi connectivity index (χ4v) is 2.99.